The number of nitrogens with one attached hydrogen (secondary N) is 1. The molecule has 16 heavy (non-hydrogen) atoms. The zero-order chi connectivity index (χ0) is 11.0. The average molecular weight is 221 g/mol. The molecule has 0 amide bonds. The lowest BCUT2D eigenvalue weighted by Gasteiger charge is -2.38. The number of hydrogen-bond acceptors (Lipinski definition) is 3. The van der Waals surface area contributed by atoms with Crippen LogP contribution < -0.4 is 10.2 Å². The maximum absolute atomic E-state index is 13.2. The van der Waals surface area contributed by atoms with Crippen LogP contribution in [0.25, 0.3) is 0 Å². The van der Waals surface area contributed by atoms with Gasteiger partial charge in [0.1, 0.15) is 5.82 Å². The van der Waals surface area contributed by atoms with E-state index in [4.69, 9.17) is 0 Å². The van der Waals surface area contributed by atoms with Gasteiger partial charge in [0.15, 0.2) is 0 Å². The number of pyridine rings is 1. The van der Waals surface area contributed by atoms with Gasteiger partial charge in [0.2, 0.25) is 0 Å². The van der Waals surface area contributed by atoms with Gasteiger partial charge in [0.25, 0.3) is 0 Å². The van der Waals surface area contributed by atoms with E-state index in [9.17, 15) is 4.39 Å². The van der Waals surface area contributed by atoms with Crippen LogP contribution in [0.4, 0.5) is 10.1 Å². The molecule has 0 aromatic carbocycles. The van der Waals surface area contributed by atoms with Crippen LogP contribution in [0.5, 0.6) is 0 Å². The molecule has 86 valence electrons. The van der Waals surface area contributed by atoms with Crippen LogP contribution in [0, 0.1) is 11.7 Å². The molecule has 0 saturated carbocycles. The second kappa shape index (κ2) is 4.01. The predicted octanol–water partition coefficient (Wildman–Crippen LogP) is 1.41. The highest BCUT2D eigenvalue weighted by Crippen LogP contribution is 2.30. The molecule has 1 aromatic heterocycles. The van der Waals surface area contributed by atoms with Crippen LogP contribution in [-0.2, 0) is 0 Å². The van der Waals surface area contributed by atoms with E-state index in [0.717, 1.165) is 31.2 Å². The van der Waals surface area contributed by atoms with Crippen molar-refractivity contribution in [2.75, 3.05) is 24.5 Å². The van der Waals surface area contributed by atoms with E-state index in [0.29, 0.717) is 6.04 Å². The number of fused-ring (bicyclic) bond motifs is 1. The van der Waals surface area contributed by atoms with Crippen molar-refractivity contribution in [3.63, 3.8) is 0 Å². The summed E-state index contributed by atoms with van der Waals surface area (Å²) in [5.74, 6) is 0.475. The molecule has 0 bridgehead atoms. The van der Waals surface area contributed by atoms with E-state index in [1.807, 2.05) is 0 Å². The maximum Gasteiger partial charge on any atom is 0.143 e. The maximum atomic E-state index is 13.2. The van der Waals surface area contributed by atoms with Gasteiger partial charge >= 0.3 is 0 Å². The Balaban J connectivity index is 1.88. The third-order valence-electron chi connectivity index (χ3n) is 3.70. The summed E-state index contributed by atoms with van der Waals surface area (Å²) in [6.07, 6.45) is 5.51. The van der Waals surface area contributed by atoms with Gasteiger partial charge in [-0.25, -0.2) is 4.39 Å². The van der Waals surface area contributed by atoms with Crippen molar-refractivity contribution in [3.05, 3.63) is 24.3 Å². The van der Waals surface area contributed by atoms with E-state index < -0.39 is 0 Å². The van der Waals surface area contributed by atoms with E-state index in [-0.39, 0.29) is 5.82 Å². The summed E-state index contributed by atoms with van der Waals surface area (Å²) in [5.41, 5.74) is 0.929. The standard InChI is InChI=1S/C12H16FN3/c13-10-4-11(7-15-6-10)16-3-1-2-9-5-14-8-12(9)16/h4,6-7,9,12,14H,1-3,5,8H2/t9-,12+/m0/s1. The first kappa shape index (κ1) is 10.0. The molecular formula is C12H16FN3. The minimum Gasteiger partial charge on any atom is -0.366 e. The summed E-state index contributed by atoms with van der Waals surface area (Å²) in [7, 11) is 0. The molecule has 2 fully saturated rings. The van der Waals surface area contributed by atoms with Crippen LogP contribution in [0.3, 0.4) is 0 Å². The zero-order valence-corrected chi connectivity index (χ0v) is 9.19. The van der Waals surface area contributed by atoms with Crippen molar-refractivity contribution in [1.29, 1.82) is 0 Å². The number of hydrogen-bond donors (Lipinski definition) is 1. The molecule has 2 saturated heterocycles. The summed E-state index contributed by atoms with van der Waals surface area (Å²) in [6.45, 7) is 3.14. The second-order valence-corrected chi connectivity index (χ2v) is 4.68. The molecule has 2 aliphatic rings. The van der Waals surface area contributed by atoms with Crippen molar-refractivity contribution in [1.82, 2.24) is 10.3 Å². The third-order valence-corrected chi connectivity index (χ3v) is 3.70. The molecule has 0 radical (unpaired) electrons. The fourth-order valence-corrected chi connectivity index (χ4v) is 2.95. The minimum absolute atomic E-state index is 0.245. The predicted molar refractivity (Wildman–Crippen MR) is 60.9 cm³/mol. The molecule has 2 aliphatic heterocycles. The summed E-state index contributed by atoms with van der Waals surface area (Å²) < 4.78 is 13.2. The number of aromatic nitrogens is 1. The molecule has 1 N–H and O–H groups in total. The first-order chi connectivity index (χ1) is 7.84. The van der Waals surface area contributed by atoms with E-state index in [2.05, 4.69) is 15.2 Å². The summed E-state index contributed by atoms with van der Waals surface area (Å²) in [4.78, 5) is 6.25. The van der Waals surface area contributed by atoms with Gasteiger partial charge in [-0.2, -0.15) is 0 Å². The first-order valence-electron chi connectivity index (χ1n) is 5.92. The molecule has 3 nitrogen and oxygen atoms in total. The number of piperidine rings is 1. The van der Waals surface area contributed by atoms with Crippen molar-refractivity contribution >= 4 is 5.69 Å². The minimum atomic E-state index is -0.245. The molecule has 1 aromatic rings. The average Bonchev–Trinajstić information content (AvgIpc) is 2.76. The molecule has 2 atom stereocenters. The molecule has 0 spiro atoms. The smallest absolute Gasteiger partial charge is 0.143 e. The topological polar surface area (TPSA) is 28.2 Å². The van der Waals surface area contributed by atoms with Gasteiger partial charge in [-0.15, -0.1) is 0 Å². The number of halogens is 1. The molecule has 4 heteroatoms. The summed E-state index contributed by atoms with van der Waals surface area (Å²) >= 11 is 0. The van der Waals surface area contributed by atoms with Crippen LogP contribution in [0.1, 0.15) is 12.8 Å². The van der Waals surface area contributed by atoms with Gasteiger partial charge in [-0.1, -0.05) is 0 Å². The SMILES string of the molecule is Fc1cncc(N2CCC[C@H]3CNC[C@H]32)c1. The van der Waals surface area contributed by atoms with Gasteiger partial charge < -0.3 is 10.2 Å². The Morgan fingerprint density at radius 3 is 3.19 bits per heavy atom. The first-order valence-corrected chi connectivity index (χ1v) is 5.92. The number of rotatable bonds is 1. The van der Waals surface area contributed by atoms with Crippen molar-refractivity contribution in [3.8, 4) is 0 Å². The Morgan fingerprint density at radius 1 is 1.38 bits per heavy atom. The molecule has 3 rings (SSSR count). The fraction of sp³-hybridized carbons (Fsp3) is 0.583. The van der Waals surface area contributed by atoms with E-state index in [1.54, 1.807) is 12.3 Å². The molecule has 3 heterocycles. The Kier molecular flexibility index (Phi) is 2.52. The third kappa shape index (κ3) is 1.67. The molecule has 0 unspecified atom stereocenters. The Labute approximate surface area is 94.7 Å². The van der Waals surface area contributed by atoms with Crippen LogP contribution in [0.2, 0.25) is 0 Å². The Bertz CT molecular complexity index is 382. The Morgan fingerprint density at radius 2 is 2.31 bits per heavy atom. The number of anilines is 1. The monoisotopic (exact) mass is 221 g/mol. The fourth-order valence-electron chi connectivity index (χ4n) is 2.95. The summed E-state index contributed by atoms with van der Waals surface area (Å²) in [5, 5.41) is 3.42. The van der Waals surface area contributed by atoms with Crippen LogP contribution >= 0.6 is 0 Å². The van der Waals surface area contributed by atoms with Gasteiger partial charge in [-0.3, -0.25) is 4.98 Å². The van der Waals surface area contributed by atoms with E-state index in [1.165, 1.54) is 19.0 Å². The highest BCUT2D eigenvalue weighted by molar-refractivity contribution is 5.46. The summed E-state index contributed by atoms with van der Waals surface area (Å²) in [6, 6.07) is 2.12. The lowest BCUT2D eigenvalue weighted by molar-refractivity contribution is 0.384. The van der Waals surface area contributed by atoms with Gasteiger partial charge in [0, 0.05) is 31.7 Å². The number of nitrogens with zero attached hydrogens (tertiary/aromatic N) is 2. The van der Waals surface area contributed by atoms with Crippen molar-refractivity contribution in [2.45, 2.75) is 18.9 Å². The van der Waals surface area contributed by atoms with Crippen molar-refractivity contribution in [2.24, 2.45) is 5.92 Å². The van der Waals surface area contributed by atoms with E-state index >= 15 is 0 Å². The highest BCUT2D eigenvalue weighted by Gasteiger charge is 2.35. The largest absolute Gasteiger partial charge is 0.366 e. The normalized spacial score (nSPS) is 29.2. The van der Waals surface area contributed by atoms with Crippen molar-refractivity contribution < 1.29 is 4.39 Å². The zero-order valence-electron chi connectivity index (χ0n) is 9.19. The highest BCUT2D eigenvalue weighted by atomic mass is 19.1. The Hall–Kier alpha value is -1.16. The lowest BCUT2D eigenvalue weighted by atomic mass is 9.92. The molecular weight excluding hydrogens is 205 g/mol. The van der Waals surface area contributed by atoms with Gasteiger partial charge in [0.05, 0.1) is 18.1 Å². The second-order valence-electron chi connectivity index (χ2n) is 4.68. The van der Waals surface area contributed by atoms with Crippen LogP contribution in [-0.4, -0.2) is 30.7 Å². The van der Waals surface area contributed by atoms with Gasteiger partial charge in [-0.05, 0) is 18.8 Å². The quantitative estimate of drug-likeness (QED) is 0.777. The lowest BCUT2D eigenvalue weighted by Crippen LogP contribution is -2.45. The van der Waals surface area contributed by atoms with Crippen LogP contribution in [0.15, 0.2) is 18.5 Å². The molecule has 0 aliphatic carbocycles.